The van der Waals surface area contributed by atoms with E-state index in [1.165, 1.54) is 11.3 Å². The summed E-state index contributed by atoms with van der Waals surface area (Å²) in [5.41, 5.74) is 0. The molecule has 0 saturated heterocycles. The average molecular weight is 237 g/mol. The third kappa shape index (κ3) is 2.32. The van der Waals surface area contributed by atoms with Crippen LogP contribution in [-0.2, 0) is 0 Å². The van der Waals surface area contributed by atoms with E-state index in [1.54, 1.807) is 0 Å². The molecule has 0 aromatic carbocycles. The summed E-state index contributed by atoms with van der Waals surface area (Å²) >= 11 is 9.60. The van der Waals surface area contributed by atoms with Crippen molar-refractivity contribution >= 4 is 50.3 Å². The van der Waals surface area contributed by atoms with Gasteiger partial charge in [-0.05, 0) is 22.9 Å². The lowest BCUT2D eigenvalue weighted by Crippen LogP contribution is -2.02. The van der Waals surface area contributed by atoms with Crippen LogP contribution < -0.4 is 5.32 Å². The van der Waals surface area contributed by atoms with E-state index in [0.717, 1.165) is 14.7 Å². The molecule has 1 rings (SSSR count). The number of hydrogen-bond acceptors (Lipinski definition) is 3. The van der Waals surface area contributed by atoms with Gasteiger partial charge in [0.05, 0.1) is 4.99 Å². The standard InChI is InChI=1S/C5H5BrN2S2/c1-3(9)7-4-2-10-5(6)8-4/h2H,1H3,(H,7,9). The van der Waals surface area contributed by atoms with E-state index in [0.29, 0.717) is 0 Å². The molecule has 5 heteroatoms. The van der Waals surface area contributed by atoms with Crippen LogP contribution in [0.15, 0.2) is 9.30 Å². The van der Waals surface area contributed by atoms with Crippen LogP contribution in [0.25, 0.3) is 0 Å². The SMILES string of the molecule is CC(=S)Nc1csc(Br)n1. The molecule has 1 N–H and O–H groups in total. The lowest BCUT2D eigenvalue weighted by Gasteiger charge is -1.95. The van der Waals surface area contributed by atoms with Crippen molar-refractivity contribution in [2.75, 3.05) is 5.32 Å². The van der Waals surface area contributed by atoms with Gasteiger partial charge in [-0.2, -0.15) is 0 Å². The fraction of sp³-hybridized carbons (Fsp3) is 0.200. The van der Waals surface area contributed by atoms with Crippen molar-refractivity contribution in [3.63, 3.8) is 0 Å². The van der Waals surface area contributed by atoms with Gasteiger partial charge in [-0.3, -0.25) is 0 Å². The summed E-state index contributed by atoms with van der Waals surface area (Å²) < 4.78 is 0.867. The number of aromatic nitrogens is 1. The molecule has 0 bridgehead atoms. The first-order valence-electron chi connectivity index (χ1n) is 2.57. The number of nitrogens with zero attached hydrogens (tertiary/aromatic N) is 1. The number of halogens is 1. The lowest BCUT2D eigenvalue weighted by molar-refractivity contribution is 1.37. The second-order valence-corrected chi connectivity index (χ2v) is 4.41. The molecule has 0 spiro atoms. The highest BCUT2D eigenvalue weighted by Gasteiger charge is 1.96. The summed E-state index contributed by atoms with van der Waals surface area (Å²) in [6.45, 7) is 1.82. The predicted octanol–water partition coefficient (Wildman–Crippen LogP) is 2.66. The van der Waals surface area contributed by atoms with Gasteiger partial charge in [0.25, 0.3) is 0 Å². The van der Waals surface area contributed by atoms with Gasteiger partial charge in [0.15, 0.2) is 3.92 Å². The van der Waals surface area contributed by atoms with Gasteiger partial charge in [0.1, 0.15) is 5.82 Å². The summed E-state index contributed by atoms with van der Waals surface area (Å²) in [6.07, 6.45) is 0. The van der Waals surface area contributed by atoms with Crippen molar-refractivity contribution in [2.24, 2.45) is 0 Å². The molecule has 0 saturated carbocycles. The molecule has 0 atom stereocenters. The maximum atomic E-state index is 4.83. The largest absolute Gasteiger partial charge is 0.334 e. The first-order chi connectivity index (χ1) is 4.68. The van der Waals surface area contributed by atoms with Crippen molar-refractivity contribution in [2.45, 2.75) is 6.92 Å². The lowest BCUT2D eigenvalue weighted by atomic mass is 10.7. The van der Waals surface area contributed by atoms with Gasteiger partial charge in [-0.1, -0.05) is 12.2 Å². The topological polar surface area (TPSA) is 24.9 Å². The summed E-state index contributed by atoms with van der Waals surface area (Å²) in [7, 11) is 0. The number of hydrogen-bond donors (Lipinski definition) is 1. The van der Waals surface area contributed by atoms with Gasteiger partial charge < -0.3 is 5.32 Å². The van der Waals surface area contributed by atoms with Crippen LogP contribution in [0.4, 0.5) is 5.82 Å². The molecule has 0 unspecified atom stereocenters. The Hall–Kier alpha value is -0.0000000000000000555. The zero-order chi connectivity index (χ0) is 7.56. The Kier molecular flexibility index (Phi) is 2.76. The molecule has 0 aliphatic heterocycles. The van der Waals surface area contributed by atoms with Crippen molar-refractivity contribution in [1.29, 1.82) is 0 Å². The molecule has 1 aromatic rings. The normalized spacial score (nSPS) is 9.40. The van der Waals surface area contributed by atoms with Gasteiger partial charge in [-0.15, -0.1) is 11.3 Å². The van der Waals surface area contributed by atoms with E-state index in [4.69, 9.17) is 12.2 Å². The zero-order valence-corrected chi connectivity index (χ0v) is 8.44. The first-order valence-corrected chi connectivity index (χ1v) is 4.65. The minimum Gasteiger partial charge on any atom is -0.334 e. The number of anilines is 1. The second-order valence-electron chi connectivity index (χ2n) is 1.67. The molecular weight excluding hydrogens is 232 g/mol. The Labute approximate surface area is 76.8 Å². The molecule has 54 valence electrons. The Morgan fingerprint density at radius 3 is 3.00 bits per heavy atom. The highest BCUT2D eigenvalue weighted by atomic mass is 79.9. The van der Waals surface area contributed by atoms with Gasteiger partial charge in [0.2, 0.25) is 0 Å². The Morgan fingerprint density at radius 2 is 2.60 bits per heavy atom. The fourth-order valence-corrected chi connectivity index (χ4v) is 1.54. The maximum absolute atomic E-state index is 4.83. The Balaban J connectivity index is 2.67. The third-order valence-electron chi connectivity index (χ3n) is 0.780. The molecule has 0 aliphatic rings. The van der Waals surface area contributed by atoms with Gasteiger partial charge >= 0.3 is 0 Å². The number of rotatable bonds is 1. The van der Waals surface area contributed by atoms with Crippen LogP contribution in [-0.4, -0.2) is 9.97 Å². The molecule has 1 heterocycles. The fourth-order valence-electron chi connectivity index (χ4n) is 0.490. The van der Waals surface area contributed by atoms with Crippen molar-refractivity contribution in [3.8, 4) is 0 Å². The minimum absolute atomic E-state index is 0.734. The predicted molar refractivity (Wildman–Crippen MR) is 51.7 cm³/mol. The number of thiocarbonyl (C=S) groups is 1. The van der Waals surface area contributed by atoms with E-state index in [9.17, 15) is 0 Å². The summed E-state index contributed by atoms with van der Waals surface area (Å²) in [4.78, 5) is 4.82. The number of thiazole rings is 1. The van der Waals surface area contributed by atoms with Crippen molar-refractivity contribution in [1.82, 2.24) is 4.98 Å². The Morgan fingerprint density at radius 1 is 1.90 bits per heavy atom. The molecule has 2 nitrogen and oxygen atoms in total. The van der Waals surface area contributed by atoms with Crippen molar-refractivity contribution in [3.05, 3.63) is 9.30 Å². The van der Waals surface area contributed by atoms with E-state index in [1.807, 2.05) is 12.3 Å². The molecule has 0 radical (unpaired) electrons. The van der Waals surface area contributed by atoms with Crippen LogP contribution in [0, 0.1) is 0 Å². The van der Waals surface area contributed by atoms with E-state index >= 15 is 0 Å². The molecule has 10 heavy (non-hydrogen) atoms. The van der Waals surface area contributed by atoms with E-state index in [2.05, 4.69) is 26.2 Å². The molecule has 0 aliphatic carbocycles. The maximum Gasteiger partial charge on any atom is 0.161 e. The van der Waals surface area contributed by atoms with Crippen LogP contribution in [0.2, 0.25) is 0 Å². The van der Waals surface area contributed by atoms with Gasteiger partial charge in [-0.25, -0.2) is 4.98 Å². The van der Waals surface area contributed by atoms with Gasteiger partial charge in [0, 0.05) is 5.38 Å². The summed E-state index contributed by atoms with van der Waals surface area (Å²) in [5.74, 6) is 0.810. The molecular formula is C5H5BrN2S2. The summed E-state index contributed by atoms with van der Waals surface area (Å²) in [5, 5.41) is 4.83. The third-order valence-corrected chi connectivity index (χ3v) is 2.25. The van der Waals surface area contributed by atoms with Crippen molar-refractivity contribution < 1.29 is 0 Å². The van der Waals surface area contributed by atoms with Crippen LogP contribution in [0.3, 0.4) is 0 Å². The van der Waals surface area contributed by atoms with Crippen LogP contribution in [0.1, 0.15) is 6.92 Å². The highest BCUT2D eigenvalue weighted by molar-refractivity contribution is 9.11. The van der Waals surface area contributed by atoms with Crippen LogP contribution >= 0.6 is 39.5 Å². The molecule has 0 amide bonds. The zero-order valence-electron chi connectivity index (χ0n) is 5.22. The van der Waals surface area contributed by atoms with E-state index in [-0.39, 0.29) is 0 Å². The first kappa shape index (κ1) is 8.10. The smallest absolute Gasteiger partial charge is 0.161 e. The Bertz CT molecular complexity index is 246. The second kappa shape index (κ2) is 3.41. The van der Waals surface area contributed by atoms with Crippen LogP contribution in [0.5, 0.6) is 0 Å². The molecule has 1 aromatic heterocycles. The summed E-state index contributed by atoms with van der Waals surface area (Å²) in [6, 6.07) is 0. The highest BCUT2D eigenvalue weighted by Crippen LogP contribution is 2.19. The quantitative estimate of drug-likeness (QED) is 0.760. The molecule has 0 fully saturated rings. The number of nitrogens with one attached hydrogen (secondary N) is 1. The minimum atomic E-state index is 0.734. The average Bonchev–Trinajstić information content (AvgIpc) is 2.13. The monoisotopic (exact) mass is 236 g/mol. The van der Waals surface area contributed by atoms with E-state index < -0.39 is 0 Å².